The van der Waals surface area contributed by atoms with E-state index in [1.165, 1.54) is 5.56 Å². The monoisotopic (exact) mass is 425 g/mol. The Morgan fingerprint density at radius 1 is 0.969 bits per heavy atom. The van der Waals surface area contributed by atoms with E-state index in [1.54, 1.807) is 19.4 Å². The summed E-state index contributed by atoms with van der Waals surface area (Å²) < 4.78 is 11.4. The highest BCUT2D eigenvalue weighted by molar-refractivity contribution is 6.05. The predicted octanol–water partition coefficient (Wildman–Crippen LogP) is 7.08. The van der Waals surface area contributed by atoms with E-state index in [4.69, 9.17) is 9.15 Å². The van der Waals surface area contributed by atoms with E-state index >= 15 is 0 Å². The number of hydrogen-bond acceptors (Lipinski definition) is 3. The highest BCUT2D eigenvalue weighted by Gasteiger charge is 2.15. The Bertz CT molecular complexity index is 1330. The molecule has 4 nitrogen and oxygen atoms in total. The smallest absolute Gasteiger partial charge is 0.248 e. The van der Waals surface area contributed by atoms with Gasteiger partial charge in [0, 0.05) is 34.3 Å². The van der Waals surface area contributed by atoms with Crippen LogP contribution in [0.25, 0.3) is 27.7 Å². The standard InChI is InChI=1S/C28H27NO3/c1-17-7-10-21(11-8-17)24-16-32-27-15-26(31-5)22(14-23(24)27)20(4)13-28(30)29-25-12-18(2)6-9-19(25)3/h6-16H,1-5H3,(H,29,30)/b20-13+. The minimum Gasteiger partial charge on any atom is -0.496 e. The van der Waals surface area contributed by atoms with Crippen molar-refractivity contribution in [3.63, 3.8) is 0 Å². The molecule has 1 aromatic heterocycles. The summed E-state index contributed by atoms with van der Waals surface area (Å²) in [5, 5.41) is 3.97. The Labute approximate surface area is 188 Å². The molecule has 1 heterocycles. The molecule has 0 radical (unpaired) electrons. The maximum Gasteiger partial charge on any atom is 0.248 e. The van der Waals surface area contributed by atoms with Crippen molar-refractivity contribution in [1.29, 1.82) is 0 Å². The highest BCUT2D eigenvalue weighted by Crippen LogP contribution is 2.37. The number of rotatable bonds is 5. The van der Waals surface area contributed by atoms with Crippen molar-refractivity contribution in [3.05, 3.63) is 89.2 Å². The van der Waals surface area contributed by atoms with E-state index in [1.807, 2.05) is 51.1 Å². The summed E-state index contributed by atoms with van der Waals surface area (Å²) in [6.07, 6.45) is 3.38. The molecule has 4 rings (SSSR count). The molecule has 4 heteroatoms. The molecule has 0 saturated heterocycles. The number of aryl methyl sites for hydroxylation is 3. The second-order valence-corrected chi connectivity index (χ2v) is 8.20. The first-order valence-corrected chi connectivity index (χ1v) is 10.6. The van der Waals surface area contributed by atoms with Gasteiger partial charge in [-0.2, -0.15) is 0 Å². The molecule has 1 N–H and O–H groups in total. The molecule has 0 aliphatic heterocycles. The van der Waals surface area contributed by atoms with Crippen LogP contribution in [0.5, 0.6) is 5.75 Å². The number of furan rings is 1. The van der Waals surface area contributed by atoms with Gasteiger partial charge < -0.3 is 14.5 Å². The molecule has 162 valence electrons. The largest absolute Gasteiger partial charge is 0.496 e. The first-order chi connectivity index (χ1) is 15.4. The molecule has 0 unspecified atom stereocenters. The number of allylic oxidation sites excluding steroid dienone is 1. The fourth-order valence-corrected chi connectivity index (χ4v) is 3.80. The van der Waals surface area contributed by atoms with Gasteiger partial charge in [-0.25, -0.2) is 0 Å². The maximum atomic E-state index is 12.7. The Hall–Kier alpha value is -3.79. The number of carbonyl (C=O) groups is 1. The van der Waals surface area contributed by atoms with Crippen LogP contribution in [-0.4, -0.2) is 13.0 Å². The van der Waals surface area contributed by atoms with Crippen molar-refractivity contribution in [2.24, 2.45) is 0 Å². The van der Waals surface area contributed by atoms with Gasteiger partial charge in [-0.1, -0.05) is 42.0 Å². The van der Waals surface area contributed by atoms with Crippen LogP contribution in [0.2, 0.25) is 0 Å². The minimum absolute atomic E-state index is 0.177. The van der Waals surface area contributed by atoms with Crippen molar-refractivity contribution in [1.82, 2.24) is 0 Å². The van der Waals surface area contributed by atoms with E-state index in [0.29, 0.717) is 5.75 Å². The summed E-state index contributed by atoms with van der Waals surface area (Å²) in [5.41, 5.74) is 8.64. The molecule has 0 saturated carbocycles. The highest BCUT2D eigenvalue weighted by atomic mass is 16.5. The lowest BCUT2D eigenvalue weighted by molar-refractivity contribution is -0.111. The lowest BCUT2D eigenvalue weighted by atomic mass is 9.99. The van der Waals surface area contributed by atoms with Crippen molar-refractivity contribution >= 4 is 28.1 Å². The molecule has 0 spiro atoms. The van der Waals surface area contributed by atoms with Crippen LogP contribution in [0.3, 0.4) is 0 Å². The normalized spacial score (nSPS) is 11.6. The minimum atomic E-state index is -0.177. The van der Waals surface area contributed by atoms with Crippen LogP contribution in [0.1, 0.15) is 29.2 Å². The van der Waals surface area contributed by atoms with E-state index < -0.39 is 0 Å². The number of amides is 1. The third-order valence-electron chi connectivity index (χ3n) is 5.68. The van der Waals surface area contributed by atoms with E-state index in [0.717, 1.165) is 50.0 Å². The molecule has 0 fully saturated rings. The molecule has 0 atom stereocenters. The zero-order valence-electron chi connectivity index (χ0n) is 19.1. The van der Waals surface area contributed by atoms with Crippen LogP contribution in [0, 0.1) is 20.8 Å². The van der Waals surface area contributed by atoms with E-state index in [-0.39, 0.29) is 5.91 Å². The molecule has 0 bridgehead atoms. The SMILES string of the molecule is COc1cc2occ(-c3ccc(C)cc3)c2cc1/C(C)=C/C(=O)Nc1cc(C)ccc1C. The van der Waals surface area contributed by atoms with Gasteiger partial charge in [-0.3, -0.25) is 4.79 Å². The van der Waals surface area contributed by atoms with Crippen molar-refractivity contribution in [2.75, 3.05) is 12.4 Å². The number of methoxy groups -OCH3 is 1. The lowest BCUT2D eigenvalue weighted by Crippen LogP contribution is -2.10. The third kappa shape index (κ3) is 4.30. The van der Waals surface area contributed by atoms with Gasteiger partial charge in [-0.15, -0.1) is 0 Å². The topological polar surface area (TPSA) is 51.5 Å². The number of fused-ring (bicyclic) bond motifs is 1. The molecular formula is C28H27NO3. The van der Waals surface area contributed by atoms with Crippen LogP contribution in [-0.2, 0) is 4.79 Å². The number of hydrogen-bond donors (Lipinski definition) is 1. The van der Waals surface area contributed by atoms with Gasteiger partial charge in [0.1, 0.15) is 11.3 Å². The lowest BCUT2D eigenvalue weighted by Gasteiger charge is -2.11. The van der Waals surface area contributed by atoms with Gasteiger partial charge in [-0.05, 0) is 62.1 Å². The van der Waals surface area contributed by atoms with Crippen LogP contribution >= 0.6 is 0 Å². The molecule has 32 heavy (non-hydrogen) atoms. The first kappa shape index (κ1) is 21.4. The third-order valence-corrected chi connectivity index (χ3v) is 5.68. The Morgan fingerprint density at radius 3 is 2.41 bits per heavy atom. The van der Waals surface area contributed by atoms with E-state index in [9.17, 15) is 4.79 Å². The Kier molecular flexibility index (Phi) is 5.87. The average Bonchev–Trinajstić information content (AvgIpc) is 3.18. The first-order valence-electron chi connectivity index (χ1n) is 10.6. The Balaban J connectivity index is 1.71. The molecule has 3 aromatic carbocycles. The molecular weight excluding hydrogens is 398 g/mol. The van der Waals surface area contributed by atoms with Crippen LogP contribution in [0.15, 0.2) is 71.4 Å². The van der Waals surface area contributed by atoms with Gasteiger partial charge >= 0.3 is 0 Å². The molecule has 0 aliphatic rings. The number of ether oxygens (including phenoxy) is 1. The zero-order valence-corrected chi connectivity index (χ0v) is 19.1. The summed E-state index contributed by atoms with van der Waals surface area (Å²) in [5.74, 6) is 0.486. The number of benzene rings is 3. The number of nitrogens with one attached hydrogen (secondary N) is 1. The molecule has 0 aliphatic carbocycles. The van der Waals surface area contributed by atoms with Gasteiger partial charge in [0.05, 0.1) is 13.4 Å². The fraction of sp³-hybridized carbons (Fsp3) is 0.179. The summed E-state index contributed by atoms with van der Waals surface area (Å²) in [7, 11) is 1.62. The van der Waals surface area contributed by atoms with Crippen molar-refractivity contribution in [3.8, 4) is 16.9 Å². The summed E-state index contributed by atoms with van der Waals surface area (Å²) >= 11 is 0. The van der Waals surface area contributed by atoms with Gasteiger partial charge in [0.25, 0.3) is 0 Å². The van der Waals surface area contributed by atoms with E-state index in [2.05, 4.69) is 36.5 Å². The van der Waals surface area contributed by atoms with Gasteiger partial charge in [0.2, 0.25) is 5.91 Å². The van der Waals surface area contributed by atoms with Crippen LogP contribution in [0.4, 0.5) is 5.69 Å². The number of carbonyl (C=O) groups excluding carboxylic acids is 1. The molecule has 4 aromatic rings. The van der Waals surface area contributed by atoms with Gasteiger partial charge in [0.15, 0.2) is 0 Å². The average molecular weight is 426 g/mol. The second-order valence-electron chi connectivity index (χ2n) is 8.20. The summed E-state index contributed by atoms with van der Waals surface area (Å²) in [4.78, 5) is 12.7. The van der Waals surface area contributed by atoms with Crippen molar-refractivity contribution in [2.45, 2.75) is 27.7 Å². The Morgan fingerprint density at radius 2 is 1.69 bits per heavy atom. The molecule has 1 amide bonds. The van der Waals surface area contributed by atoms with Crippen LogP contribution < -0.4 is 10.1 Å². The zero-order chi connectivity index (χ0) is 22.8. The predicted molar refractivity (Wildman–Crippen MR) is 131 cm³/mol. The second kappa shape index (κ2) is 8.75. The quantitative estimate of drug-likeness (QED) is 0.348. The number of anilines is 1. The summed E-state index contributed by atoms with van der Waals surface area (Å²) in [6.45, 7) is 7.97. The summed E-state index contributed by atoms with van der Waals surface area (Å²) in [6, 6.07) is 18.3. The van der Waals surface area contributed by atoms with Crippen molar-refractivity contribution < 1.29 is 13.9 Å². The maximum absolute atomic E-state index is 12.7. The fourth-order valence-electron chi connectivity index (χ4n) is 3.80.